The molecule has 2 aliphatic carbocycles. The van der Waals surface area contributed by atoms with Crippen LogP contribution in [0.5, 0.6) is 0 Å². The van der Waals surface area contributed by atoms with Gasteiger partial charge in [-0.2, -0.15) is 0 Å². The monoisotopic (exact) mass is 328 g/mol. The van der Waals surface area contributed by atoms with E-state index in [0.29, 0.717) is 18.4 Å². The van der Waals surface area contributed by atoms with E-state index in [4.69, 9.17) is 4.43 Å². The highest BCUT2D eigenvalue weighted by Gasteiger charge is 2.50. The summed E-state index contributed by atoms with van der Waals surface area (Å²) in [5.74, 6) is 11.1. The molecule has 0 saturated carbocycles. The predicted octanol–water partition coefficient (Wildman–Crippen LogP) is 2.97. The van der Waals surface area contributed by atoms with Crippen LogP contribution in [0.1, 0.15) is 33.6 Å². The highest BCUT2D eigenvalue weighted by Crippen LogP contribution is 2.42. The van der Waals surface area contributed by atoms with Crippen LogP contribution in [0.4, 0.5) is 0 Å². The van der Waals surface area contributed by atoms with Crippen molar-refractivity contribution in [3.8, 4) is 23.7 Å². The maximum Gasteiger partial charge on any atom is 0.205 e. The van der Waals surface area contributed by atoms with Gasteiger partial charge in [-0.15, -0.1) is 0 Å². The zero-order chi connectivity index (χ0) is 17.3. The number of rotatable bonds is 2. The third kappa shape index (κ3) is 3.51. The number of hydrogen-bond acceptors (Lipinski definition) is 3. The van der Waals surface area contributed by atoms with Gasteiger partial charge in [0.25, 0.3) is 0 Å². The van der Waals surface area contributed by atoms with Crippen molar-refractivity contribution in [2.45, 2.75) is 63.5 Å². The molecule has 23 heavy (non-hydrogen) atoms. The Hall–Kier alpha value is -1.59. The van der Waals surface area contributed by atoms with Crippen LogP contribution in [0, 0.1) is 23.7 Å². The second-order valence-electron chi connectivity index (χ2n) is 7.51. The zero-order valence-electron chi connectivity index (χ0n) is 14.5. The zero-order valence-corrected chi connectivity index (χ0v) is 15.5. The summed E-state index contributed by atoms with van der Waals surface area (Å²) in [6, 6.07) is 0. The van der Waals surface area contributed by atoms with Crippen LogP contribution in [0.2, 0.25) is 18.1 Å². The Kier molecular flexibility index (Phi) is 4.73. The molecule has 0 radical (unpaired) electrons. The maximum absolute atomic E-state index is 13.1. The van der Waals surface area contributed by atoms with Crippen molar-refractivity contribution >= 4 is 14.1 Å². The molecule has 2 atom stereocenters. The second-order valence-corrected chi connectivity index (χ2v) is 12.2. The van der Waals surface area contributed by atoms with Crippen molar-refractivity contribution in [3.63, 3.8) is 0 Å². The summed E-state index contributed by atoms with van der Waals surface area (Å²) in [6.45, 7) is 10.6. The lowest BCUT2D eigenvalue weighted by Gasteiger charge is -2.44. The molecule has 0 aromatic carbocycles. The molecular weight excluding hydrogens is 304 g/mol. The number of Topliss-reactive ketones (excluding diaryl/α,β-unsaturated/α-hetero) is 1. The molecule has 2 bridgehead atoms. The first-order chi connectivity index (χ1) is 10.6. The Balaban J connectivity index is 2.52. The lowest BCUT2D eigenvalue weighted by Crippen LogP contribution is -2.55. The molecule has 0 heterocycles. The number of fused-ring (bicyclic) bond motifs is 2. The number of hydrogen-bond donors (Lipinski definition) is 1. The van der Waals surface area contributed by atoms with Gasteiger partial charge in [0.05, 0.1) is 0 Å². The van der Waals surface area contributed by atoms with Crippen molar-refractivity contribution in [2.75, 3.05) is 0 Å². The summed E-state index contributed by atoms with van der Waals surface area (Å²) in [5.41, 5.74) is -0.857. The highest BCUT2D eigenvalue weighted by atomic mass is 28.4. The molecule has 1 N–H and O–H groups in total. The van der Waals surface area contributed by atoms with Crippen LogP contribution in [0.25, 0.3) is 0 Å². The largest absolute Gasteiger partial charge is 0.395 e. The molecule has 4 heteroatoms. The van der Waals surface area contributed by atoms with Gasteiger partial charge in [0.1, 0.15) is 6.10 Å². The lowest BCUT2D eigenvalue weighted by molar-refractivity contribution is -0.128. The smallest absolute Gasteiger partial charge is 0.205 e. The minimum absolute atomic E-state index is 0.0331. The van der Waals surface area contributed by atoms with Gasteiger partial charge in [0.2, 0.25) is 5.78 Å². The average molecular weight is 328 g/mol. The van der Waals surface area contributed by atoms with E-state index in [2.05, 4.69) is 57.5 Å². The Morgan fingerprint density at radius 1 is 1.30 bits per heavy atom. The SMILES string of the molecule is CC(C)(C)[Si](C)(C)OC12C#C/C=C\C#CC(O)C(=CCC1)C2=O. The van der Waals surface area contributed by atoms with Crippen LogP contribution >= 0.6 is 0 Å². The fourth-order valence-corrected chi connectivity index (χ4v) is 3.81. The minimum Gasteiger partial charge on any atom is -0.395 e. The van der Waals surface area contributed by atoms with Gasteiger partial charge in [-0.25, -0.2) is 0 Å². The van der Waals surface area contributed by atoms with E-state index in [0.717, 1.165) is 0 Å². The van der Waals surface area contributed by atoms with Gasteiger partial charge in [-0.3, -0.25) is 4.79 Å². The van der Waals surface area contributed by atoms with Gasteiger partial charge in [-0.1, -0.05) is 50.5 Å². The molecule has 0 fully saturated rings. The predicted molar refractivity (Wildman–Crippen MR) is 94.0 cm³/mol. The molecule has 0 saturated heterocycles. The molecule has 0 spiro atoms. The molecule has 122 valence electrons. The lowest BCUT2D eigenvalue weighted by atomic mass is 9.81. The summed E-state index contributed by atoms with van der Waals surface area (Å²) in [5, 5.41) is 10.2. The average Bonchev–Trinajstić information content (AvgIpc) is 2.42. The first-order valence-electron chi connectivity index (χ1n) is 7.91. The van der Waals surface area contributed by atoms with E-state index in [9.17, 15) is 9.90 Å². The van der Waals surface area contributed by atoms with E-state index >= 15 is 0 Å². The number of aliphatic hydroxyl groups excluding tert-OH is 1. The van der Waals surface area contributed by atoms with Crippen molar-refractivity contribution < 1.29 is 14.3 Å². The highest BCUT2D eigenvalue weighted by molar-refractivity contribution is 6.74. The second kappa shape index (κ2) is 6.13. The molecule has 0 amide bonds. The van der Waals surface area contributed by atoms with E-state index in [1.807, 2.05) is 0 Å². The van der Waals surface area contributed by atoms with E-state index < -0.39 is 20.0 Å². The molecule has 0 aliphatic heterocycles. The van der Waals surface area contributed by atoms with E-state index in [1.165, 1.54) is 0 Å². The first kappa shape index (κ1) is 17.8. The van der Waals surface area contributed by atoms with Gasteiger partial charge >= 0.3 is 0 Å². The molecule has 0 aromatic heterocycles. The maximum atomic E-state index is 13.1. The van der Waals surface area contributed by atoms with Crippen molar-refractivity contribution in [3.05, 3.63) is 23.8 Å². The Labute approximate surface area is 139 Å². The molecule has 2 unspecified atom stereocenters. The van der Waals surface area contributed by atoms with Crippen LogP contribution in [0.3, 0.4) is 0 Å². The topological polar surface area (TPSA) is 46.5 Å². The Bertz CT molecular complexity index is 686. The summed E-state index contributed by atoms with van der Waals surface area (Å²) in [6.07, 6.45) is 5.03. The summed E-state index contributed by atoms with van der Waals surface area (Å²) in [7, 11) is -2.21. The van der Waals surface area contributed by atoms with Gasteiger partial charge in [0.15, 0.2) is 13.9 Å². The molecule has 0 aromatic rings. The standard InChI is InChI=1S/C19H24O3Si/c1-18(2,3)23(4,5)22-19-13-9-7-6-8-12-16(20)15(17(19)21)11-10-14-19/h6-7,11,16,20H,10,14H2,1-5H3/b7-6-. The van der Waals surface area contributed by atoms with Crippen molar-refractivity contribution in [1.29, 1.82) is 0 Å². The minimum atomic E-state index is -2.21. The number of carbonyl (C=O) groups excluding carboxylic acids is 1. The quantitative estimate of drug-likeness (QED) is 0.626. The van der Waals surface area contributed by atoms with Gasteiger partial charge in [-0.05, 0) is 43.1 Å². The number of carbonyl (C=O) groups is 1. The fraction of sp³-hybridized carbons (Fsp3) is 0.526. The fourth-order valence-electron chi connectivity index (χ4n) is 2.38. The van der Waals surface area contributed by atoms with Crippen LogP contribution < -0.4 is 0 Å². The van der Waals surface area contributed by atoms with E-state index in [1.54, 1.807) is 18.2 Å². The number of ketones is 1. The normalized spacial score (nSPS) is 28.7. The van der Waals surface area contributed by atoms with Crippen LogP contribution in [-0.2, 0) is 9.22 Å². The van der Waals surface area contributed by atoms with Crippen molar-refractivity contribution in [2.24, 2.45) is 0 Å². The summed E-state index contributed by atoms with van der Waals surface area (Å²) in [4.78, 5) is 13.1. The summed E-state index contributed by atoms with van der Waals surface area (Å²) < 4.78 is 6.48. The van der Waals surface area contributed by atoms with E-state index in [-0.39, 0.29) is 10.8 Å². The first-order valence-corrected chi connectivity index (χ1v) is 10.8. The number of aliphatic hydroxyl groups is 1. The Morgan fingerprint density at radius 2 is 1.96 bits per heavy atom. The molecular formula is C19H24O3Si. The third-order valence-corrected chi connectivity index (χ3v) is 9.24. The molecule has 3 nitrogen and oxygen atoms in total. The van der Waals surface area contributed by atoms with Crippen LogP contribution in [0.15, 0.2) is 23.8 Å². The Morgan fingerprint density at radius 3 is 2.61 bits per heavy atom. The third-order valence-electron chi connectivity index (χ3n) is 4.76. The molecule has 2 aliphatic rings. The summed E-state index contributed by atoms with van der Waals surface area (Å²) >= 11 is 0. The van der Waals surface area contributed by atoms with Gasteiger partial charge < -0.3 is 9.53 Å². The van der Waals surface area contributed by atoms with Crippen molar-refractivity contribution in [1.82, 2.24) is 0 Å². The van der Waals surface area contributed by atoms with Crippen LogP contribution in [-0.4, -0.2) is 30.9 Å². The molecule has 2 rings (SSSR count). The number of allylic oxidation sites excluding steroid dienone is 3. The van der Waals surface area contributed by atoms with Gasteiger partial charge in [0, 0.05) is 5.57 Å².